The molecule has 0 atom stereocenters. The first-order chi connectivity index (χ1) is 14.6. The highest BCUT2D eigenvalue weighted by Crippen LogP contribution is 2.23. The van der Waals surface area contributed by atoms with Crippen molar-refractivity contribution in [2.24, 2.45) is 0 Å². The quantitative estimate of drug-likeness (QED) is 0.551. The van der Waals surface area contributed by atoms with Crippen LogP contribution >= 0.6 is 0 Å². The van der Waals surface area contributed by atoms with Gasteiger partial charge in [0.05, 0.1) is 29.6 Å². The van der Waals surface area contributed by atoms with Gasteiger partial charge in [-0.15, -0.1) is 0 Å². The summed E-state index contributed by atoms with van der Waals surface area (Å²) in [7, 11) is -0.484. The lowest BCUT2D eigenvalue weighted by atomic mass is 10.1. The van der Waals surface area contributed by atoms with Gasteiger partial charge in [0, 0.05) is 19.3 Å². The van der Waals surface area contributed by atoms with E-state index >= 15 is 0 Å². The van der Waals surface area contributed by atoms with Crippen LogP contribution in [-0.4, -0.2) is 37.0 Å². The van der Waals surface area contributed by atoms with Crippen molar-refractivity contribution in [2.45, 2.75) is 30.9 Å². The minimum atomic E-state index is -3.63. The molecule has 0 aliphatic rings. The molecule has 31 heavy (non-hydrogen) atoms. The van der Waals surface area contributed by atoms with E-state index in [-0.39, 0.29) is 11.4 Å². The molecule has 0 aliphatic carbocycles. The number of ether oxygens (including phenoxy) is 1. The topological polar surface area (TPSA) is 91.8 Å². The number of aliphatic hydroxyl groups is 1. The SMILES string of the molecule is COc1ccc(CN(C)S(=O)(=O)c2ccc(Nc3ccc(C(C)(C)O)nc3)cc2)cc1. The number of hydrogen-bond acceptors (Lipinski definition) is 6. The van der Waals surface area contributed by atoms with Crippen molar-refractivity contribution >= 4 is 21.4 Å². The molecular formula is C23H27N3O4S. The highest BCUT2D eigenvalue weighted by molar-refractivity contribution is 7.89. The van der Waals surface area contributed by atoms with Gasteiger partial charge in [-0.25, -0.2) is 8.42 Å². The van der Waals surface area contributed by atoms with Crippen molar-refractivity contribution in [3.8, 4) is 5.75 Å². The number of sulfonamides is 1. The van der Waals surface area contributed by atoms with Gasteiger partial charge in [0.2, 0.25) is 10.0 Å². The van der Waals surface area contributed by atoms with Gasteiger partial charge in [-0.2, -0.15) is 4.31 Å². The average Bonchev–Trinajstić information content (AvgIpc) is 2.74. The van der Waals surface area contributed by atoms with Crippen molar-refractivity contribution in [2.75, 3.05) is 19.5 Å². The fraction of sp³-hybridized carbons (Fsp3) is 0.261. The maximum absolute atomic E-state index is 12.9. The Morgan fingerprint density at radius 3 is 2.13 bits per heavy atom. The van der Waals surface area contributed by atoms with Crippen LogP contribution < -0.4 is 10.1 Å². The summed E-state index contributed by atoms with van der Waals surface area (Å²) < 4.78 is 32.3. The molecule has 0 aliphatic heterocycles. The second-order valence-corrected chi connectivity index (χ2v) is 9.79. The van der Waals surface area contributed by atoms with E-state index in [4.69, 9.17) is 4.74 Å². The maximum Gasteiger partial charge on any atom is 0.243 e. The predicted molar refractivity (Wildman–Crippen MR) is 121 cm³/mol. The number of aromatic nitrogens is 1. The van der Waals surface area contributed by atoms with Gasteiger partial charge in [-0.05, 0) is 67.9 Å². The Hall–Kier alpha value is -2.94. The summed E-state index contributed by atoms with van der Waals surface area (Å²) in [4.78, 5) is 4.47. The zero-order chi connectivity index (χ0) is 22.6. The summed E-state index contributed by atoms with van der Waals surface area (Å²) in [5, 5.41) is 13.2. The van der Waals surface area contributed by atoms with Crippen LogP contribution in [0.15, 0.2) is 71.8 Å². The van der Waals surface area contributed by atoms with E-state index in [0.29, 0.717) is 5.69 Å². The zero-order valence-electron chi connectivity index (χ0n) is 18.0. The molecule has 1 aromatic heterocycles. The maximum atomic E-state index is 12.9. The van der Waals surface area contributed by atoms with Crippen molar-refractivity contribution < 1.29 is 18.3 Å². The van der Waals surface area contributed by atoms with Crippen LogP contribution in [0.1, 0.15) is 25.1 Å². The van der Waals surface area contributed by atoms with E-state index in [1.807, 2.05) is 18.2 Å². The summed E-state index contributed by atoms with van der Waals surface area (Å²) >= 11 is 0. The van der Waals surface area contributed by atoms with Gasteiger partial charge in [0.25, 0.3) is 0 Å². The van der Waals surface area contributed by atoms with Crippen LogP contribution in [0.4, 0.5) is 11.4 Å². The highest BCUT2D eigenvalue weighted by atomic mass is 32.2. The zero-order valence-corrected chi connectivity index (χ0v) is 18.8. The van der Waals surface area contributed by atoms with Crippen molar-refractivity contribution in [1.29, 1.82) is 0 Å². The number of hydrogen-bond donors (Lipinski definition) is 2. The number of pyridine rings is 1. The van der Waals surface area contributed by atoms with E-state index in [9.17, 15) is 13.5 Å². The van der Waals surface area contributed by atoms with Gasteiger partial charge in [-0.1, -0.05) is 12.1 Å². The van der Waals surface area contributed by atoms with Crippen LogP contribution in [-0.2, 0) is 22.2 Å². The number of nitrogens with zero attached hydrogens (tertiary/aromatic N) is 2. The third-order valence-electron chi connectivity index (χ3n) is 4.81. The normalized spacial score (nSPS) is 12.1. The molecule has 0 unspecified atom stereocenters. The number of nitrogens with one attached hydrogen (secondary N) is 1. The molecule has 1 heterocycles. The fourth-order valence-corrected chi connectivity index (χ4v) is 4.12. The summed E-state index contributed by atoms with van der Waals surface area (Å²) in [6.07, 6.45) is 1.63. The Morgan fingerprint density at radius 1 is 1.00 bits per heavy atom. The van der Waals surface area contributed by atoms with Crippen LogP contribution in [0.2, 0.25) is 0 Å². The third-order valence-corrected chi connectivity index (χ3v) is 6.62. The Kier molecular flexibility index (Phi) is 6.64. The van der Waals surface area contributed by atoms with E-state index < -0.39 is 15.6 Å². The van der Waals surface area contributed by atoms with Gasteiger partial charge < -0.3 is 15.2 Å². The molecule has 8 heteroatoms. The Morgan fingerprint density at radius 2 is 1.61 bits per heavy atom. The standard InChI is InChI=1S/C23H27N3O4S/c1-23(2,27)22-14-9-19(15-24-22)25-18-7-12-21(13-8-18)31(28,29)26(3)16-17-5-10-20(30-4)11-6-17/h5-15,25,27H,16H2,1-4H3. The van der Waals surface area contributed by atoms with E-state index in [2.05, 4.69) is 10.3 Å². The second-order valence-electron chi connectivity index (χ2n) is 7.75. The second kappa shape index (κ2) is 9.05. The number of benzene rings is 2. The largest absolute Gasteiger partial charge is 0.497 e. The van der Waals surface area contributed by atoms with Gasteiger partial charge in [-0.3, -0.25) is 4.98 Å². The van der Waals surface area contributed by atoms with E-state index in [1.165, 1.54) is 4.31 Å². The summed E-state index contributed by atoms with van der Waals surface area (Å²) in [6, 6.07) is 17.4. The Bertz CT molecular complexity index is 1110. The minimum absolute atomic E-state index is 0.213. The van der Waals surface area contributed by atoms with E-state index in [0.717, 1.165) is 22.7 Å². The molecular weight excluding hydrogens is 414 g/mol. The molecule has 2 aromatic carbocycles. The Labute approximate surface area is 183 Å². The fourth-order valence-electron chi connectivity index (χ4n) is 2.96. The highest BCUT2D eigenvalue weighted by Gasteiger charge is 2.21. The smallest absolute Gasteiger partial charge is 0.243 e. The molecule has 0 saturated heterocycles. The van der Waals surface area contributed by atoms with Crippen LogP contribution in [0.25, 0.3) is 0 Å². The summed E-state index contributed by atoms with van der Waals surface area (Å²) in [5.41, 5.74) is 1.90. The molecule has 0 radical (unpaired) electrons. The molecule has 164 valence electrons. The lowest BCUT2D eigenvalue weighted by Gasteiger charge is -2.18. The molecule has 2 N–H and O–H groups in total. The third kappa shape index (κ3) is 5.61. The summed E-state index contributed by atoms with van der Waals surface area (Å²) in [5.74, 6) is 0.724. The molecule has 0 amide bonds. The van der Waals surface area contributed by atoms with Crippen LogP contribution in [0.3, 0.4) is 0 Å². The number of methoxy groups -OCH3 is 1. The van der Waals surface area contributed by atoms with Gasteiger partial charge in [0.15, 0.2) is 0 Å². The molecule has 0 spiro atoms. The monoisotopic (exact) mass is 441 g/mol. The molecule has 3 aromatic rings. The number of rotatable bonds is 8. The molecule has 3 rings (SSSR count). The predicted octanol–water partition coefficient (Wildman–Crippen LogP) is 3.88. The van der Waals surface area contributed by atoms with Crippen molar-refractivity contribution in [3.05, 3.63) is 78.1 Å². The van der Waals surface area contributed by atoms with Crippen LogP contribution in [0.5, 0.6) is 5.75 Å². The first-order valence-corrected chi connectivity index (χ1v) is 11.2. The minimum Gasteiger partial charge on any atom is -0.497 e. The van der Waals surface area contributed by atoms with Crippen molar-refractivity contribution in [3.63, 3.8) is 0 Å². The Balaban J connectivity index is 1.68. The van der Waals surface area contributed by atoms with Gasteiger partial charge >= 0.3 is 0 Å². The van der Waals surface area contributed by atoms with Crippen LogP contribution in [0, 0.1) is 0 Å². The first-order valence-electron chi connectivity index (χ1n) is 9.75. The average molecular weight is 442 g/mol. The first kappa shape index (κ1) is 22.7. The lowest BCUT2D eigenvalue weighted by Crippen LogP contribution is -2.26. The molecule has 0 saturated carbocycles. The molecule has 0 fully saturated rings. The van der Waals surface area contributed by atoms with Gasteiger partial charge in [0.1, 0.15) is 11.4 Å². The lowest BCUT2D eigenvalue weighted by molar-refractivity contribution is 0.0739. The van der Waals surface area contributed by atoms with E-state index in [1.54, 1.807) is 76.7 Å². The molecule has 0 bridgehead atoms. The van der Waals surface area contributed by atoms with Crippen molar-refractivity contribution in [1.82, 2.24) is 9.29 Å². The summed E-state index contributed by atoms with van der Waals surface area (Å²) in [6.45, 7) is 3.60. The number of anilines is 2. The molecule has 7 nitrogen and oxygen atoms in total.